The zero-order valence-electron chi connectivity index (χ0n) is 15.9. The van der Waals surface area contributed by atoms with E-state index < -0.39 is 0 Å². The number of carbonyl (C=O) groups is 2. The standard InChI is InChI=1S/C20H30N2O3/c1-5-12-22(14-18(23)25-4)13-7-6-11-17(22)20(24)21-19-15(2)9-8-10-16(19)3/h8-10,17H,5-7,11-14H2,1-4H3/p+1/t17-,22?/m0/s1. The van der Waals surface area contributed by atoms with E-state index >= 15 is 0 Å². The van der Waals surface area contributed by atoms with E-state index in [1.54, 1.807) is 0 Å². The number of amides is 1. The van der Waals surface area contributed by atoms with Crippen molar-refractivity contribution >= 4 is 17.6 Å². The minimum absolute atomic E-state index is 0.0226. The summed E-state index contributed by atoms with van der Waals surface area (Å²) in [6, 6.07) is 5.81. The molecule has 2 rings (SSSR count). The Hall–Kier alpha value is -1.88. The number of hydrogen-bond donors (Lipinski definition) is 1. The van der Waals surface area contributed by atoms with Crippen molar-refractivity contribution in [2.45, 2.75) is 52.5 Å². The maximum absolute atomic E-state index is 13.2. The lowest BCUT2D eigenvalue weighted by Gasteiger charge is -2.46. The Morgan fingerprint density at radius 1 is 1.24 bits per heavy atom. The first kappa shape index (κ1) is 19.4. The number of piperidine rings is 1. The molecule has 0 spiro atoms. The highest BCUT2D eigenvalue weighted by Gasteiger charge is 2.45. The number of methoxy groups -OCH3 is 1. The third-order valence-electron chi connectivity index (χ3n) is 5.36. The number of quaternary nitrogens is 1. The SMILES string of the molecule is CCC[N+]1(CC(=O)OC)CCCC[C@H]1C(=O)Nc1c(C)cccc1C. The van der Waals surface area contributed by atoms with Crippen LogP contribution in [0.4, 0.5) is 5.69 Å². The monoisotopic (exact) mass is 347 g/mol. The van der Waals surface area contributed by atoms with E-state index in [-0.39, 0.29) is 24.5 Å². The minimum Gasteiger partial charge on any atom is -0.465 e. The molecule has 1 N–H and O–H groups in total. The number of nitrogens with zero attached hydrogens (tertiary/aromatic N) is 1. The van der Waals surface area contributed by atoms with Gasteiger partial charge in [0.2, 0.25) is 0 Å². The predicted octanol–water partition coefficient (Wildman–Crippen LogP) is 3.19. The van der Waals surface area contributed by atoms with Crippen molar-refractivity contribution in [1.29, 1.82) is 0 Å². The van der Waals surface area contributed by atoms with Gasteiger partial charge in [-0.25, -0.2) is 4.79 Å². The van der Waals surface area contributed by atoms with Crippen LogP contribution >= 0.6 is 0 Å². The van der Waals surface area contributed by atoms with Crippen molar-refractivity contribution in [2.75, 3.05) is 32.1 Å². The molecule has 5 heteroatoms. The molecule has 138 valence electrons. The van der Waals surface area contributed by atoms with E-state index in [1.807, 2.05) is 32.0 Å². The maximum Gasteiger partial charge on any atom is 0.361 e. The highest BCUT2D eigenvalue weighted by Crippen LogP contribution is 2.29. The van der Waals surface area contributed by atoms with Gasteiger partial charge in [0.05, 0.1) is 20.2 Å². The lowest BCUT2D eigenvalue weighted by atomic mass is 9.96. The first-order chi connectivity index (χ1) is 11.9. The van der Waals surface area contributed by atoms with E-state index in [0.717, 1.165) is 55.6 Å². The van der Waals surface area contributed by atoms with Gasteiger partial charge in [-0.2, -0.15) is 0 Å². The van der Waals surface area contributed by atoms with Gasteiger partial charge in [-0.1, -0.05) is 25.1 Å². The van der Waals surface area contributed by atoms with Crippen molar-refractivity contribution in [3.63, 3.8) is 0 Å². The molecular weight excluding hydrogens is 316 g/mol. The van der Waals surface area contributed by atoms with Gasteiger partial charge < -0.3 is 14.5 Å². The first-order valence-corrected chi connectivity index (χ1v) is 9.23. The van der Waals surface area contributed by atoms with Crippen LogP contribution in [0.15, 0.2) is 18.2 Å². The number of esters is 1. The zero-order chi connectivity index (χ0) is 18.4. The number of nitrogens with one attached hydrogen (secondary N) is 1. The number of rotatable bonds is 6. The Labute approximate surface area is 150 Å². The summed E-state index contributed by atoms with van der Waals surface area (Å²) in [6.45, 7) is 8.06. The van der Waals surface area contributed by atoms with Crippen molar-refractivity contribution < 1.29 is 18.8 Å². The second kappa shape index (κ2) is 8.48. The topological polar surface area (TPSA) is 55.4 Å². The number of para-hydroxylation sites is 1. The lowest BCUT2D eigenvalue weighted by molar-refractivity contribution is -0.940. The average Bonchev–Trinajstić information content (AvgIpc) is 2.58. The fourth-order valence-electron chi connectivity index (χ4n) is 4.09. The van der Waals surface area contributed by atoms with Crippen LogP contribution < -0.4 is 5.32 Å². The number of anilines is 1. The molecule has 5 nitrogen and oxygen atoms in total. The molecule has 2 atom stereocenters. The molecule has 1 aliphatic rings. The molecule has 1 saturated heterocycles. The normalized spacial score (nSPS) is 23.1. The lowest BCUT2D eigenvalue weighted by Crippen LogP contribution is -2.64. The average molecular weight is 347 g/mol. The summed E-state index contributed by atoms with van der Waals surface area (Å²) < 4.78 is 5.44. The number of aryl methyl sites for hydroxylation is 2. The van der Waals surface area contributed by atoms with Gasteiger partial charge in [0.1, 0.15) is 0 Å². The molecule has 0 radical (unpaired) electrons. The van der Waals surface area contributed by atoms with E-state index in [9.17, 15) is 9.59 Å². The molecule has 1 unspecified atom stereocenters. The van der Waals surface area contributed by atoms with Crippen LogP contribution in [-0.2, 0) is 14.3 Å². The minimum atomic E-state index is -0.236. The van der Waals surface area contributed by atoms with Crippen molar-refractivity contribution in [3.05, 3.63) is 29.3 Å². The van der Waals surface area contributed by atoms with Crippen molar-refractivity contribution in [1.82, 2.24) is 0 Å². The second-order valence-electron chi connectivity index (χ2n) is 7.17. The van der Waals surface area contributed by atoms with Gasteiger partial charge in [-0.3, -0.25) is 4.79 Å². The molecule has 1 amide bonds. The van der Waals surface area contributed by atoms with Gasteiger partial charge in [-0.15, -0.1) is 0 Å². The molecule has 1 aliphatic heterocycles. The summed E-state index contributed by atoms with van der Waals surface area (Å²) in [5.74, 6) is -0.213. The molecule has 0 saturated carbocycles. The van der Waals surface area contributed by atoms with Gasteiger partial charge in [-0.05, 0) is 44.2 Å². The van der Waals surface area contributed by atoms with Crippen LogP contribution in [0.3, 0.4) is 0 Å². The van der Waals surface area contributed by atoms with Gasteiger partial charge in [0.15, 0.2) is 12.6 Å². The van der Waals surface area contributed by atoms with Crippen LogP contribution in [0, 0.1) is 13.8 Å². The van der Waals surface area contributed by atoms with Crippen LogP contribution in [0.2, 0.25) is 0 Å². The molecule has 1 fully saturated rings. The molecule has 1 aromatic carbocycles. The van der Waals surface area contributed by atoms with E-state index in [0.29, 0.717) is 4.48 Å². The Bertz CT molecular complexity index is 605. The molecule has 25 heavy (non-hydrogen) atoms. The summed E-state index contributed by atoms with van der Waals surface area (Å²) in [5.41, 5.74) is 3.02. The number of hydrogen-bond acceptors (Lipinski definition) is 3. The zero-order valence-corrected chi connectivity index (χ0v) is 15.9. The third-order valence-corrected chi connectivity index (χ3v) is 5.36. The number of carbonyl (C=O) groups excluding carboxylic acids is 2. The summed E-state index contributed by atoms with van der Waals surface area (Å²) in [4.78, 5) is 25.2. The van der Waals surface area contributed by atoms with Gasteiger partial charge >= 0.3 is 5.97 Å². The van der Waals surface area contributed by atoms with E-state index in [1.165, 1.54) is 7.11 Å². The number of benzene rings is 1. The maximum atomic E-state index is 13.2. The first-order valence-electron chi connectivity index (χ1n) is 9.23. The smallest absolute Gasteiger partial charge is 0.361 e. The van der Waals surface area contributed by atoms with Crippen LogP contribution in [0.5, 0.6) is 0 Å². The fraction of sp³-hybridized carbons (Fsp3) is 0.600. The van der Waals surface area contributed by atoms with Crippen molar-refractivity contribution in [3.8, 4) is 0 Å². The van der Waals surface area contributed by atoms with E-state index in [4.69, 9.17) is 4.74 Å². The Morgan fingerprint density at radius 2 is 1.92 bits per heavy atom. The van der Waals surface area contributed by atoms with Crippen LogP contribution in [0.25, 0.3) is 0 Å². The Morgan fingerprint density at radius 3 is 2.52 bits per heavy atom. The molecule has 1 aromatic rings. The van der Waals surface area contributed by atoms with Crippen molar-refractivity contribution in [2.24, 2.45) is 0 Å². The molecule has 0 bridgehead atoms. The molecular formula is C20H31N2O3+. The molecule has 1 heterocycles. The number of likely N-dealkylation sites (tertiary alicyclic amines) is 1. The van der Waals surface area contributed by atoms with Gasteiger partial charge in [0.25, 0.3) is 5.91 Å². The Kier molecular flexibility index (Phi) is 6.59. The third kappa shape index (κ3) is 4.40. The highest BCUT2D eigenvalue weighted by atomic mass is 16.5. The summed E-state index contributed by atoms with van der Waals surface area (Å²) in [5, 5.41) is 3.15. The van der Waals surface area contributed by atoms with Crippen LogP contribution in [0.1, 0.15) is 43.7 Å². The summed E-state index contributed by atoms with van der Waals surface area (Å²) in [7, 11) is 1.42. The predicted molar refractivity (Wildman–Crippen MR) is 99.4 cm³/mol. The largest absolute Gasteiger partial charge is 0.465 e. The summed E-state index contributed by atoms with van der Waals surface area (Å²) in [6.07, 6.45) is 3.82. The fourth-order valence-corrected chi connectivity index (χ4v) is 4.09. The van der Waals surface area contributed by atoms with E-state index in [2.05, 4.69) is 12.2 Å². The number of ether oxygens (including phenoxy) is 1. The quantitative estimate of drug-likeness (QED) is 0.635. The molecule has 0 aromatic heterocycles. The van der Waals surface area contributed by atoms with Gasteiger partial charge in [0, 0.05) is 12.1 Å². The summed E-state index contributed by atoms with van der Waals surface area (Å²) >= 11 is 0. The second-order valence-corrected chi connectivity index (χ2v) is 7.17. The molecule has 0 aliphatic carbocycles. The highest BCUT2D eigenvalue weighted by molar-refractivity contribution is 5.95. The Balaban J connectivity index is 2.28. The van der Waals surface area contributed by atoms with Crippen LogP contribution in [-0.4, -0.2) is 49.1 Å².